The highest BCUT2D eigenvalue weighted by Crippen LogP contribution is 2.23. The maximum absolute atomic E-state index is 10.8. The summed E-state index contributed by atoms with van der Waals surface area (Å²) in [5.74, 6) is -0.433. The Morgan fingerprint density at radius 3 is 2.94 bits per heavy atom. The molecular formula is C11H9BrN2O2. The van der Waals surface area contributed by atoms with Crippen molar-refractivity contribution in [2.75, 3.05) is 12.4 Å². The Morgan fingerprint density at radius 1 is 1.62 bits per heavy atom. The molecule has 0 aliphatic rings. The molecule has 1 aromatic rings. The summed E-state index contributed by atoms with van der Waals surface area (Å²) in [6, 6.07) is 7.14. The first-order valence-electron chi connectivity index (χ1n) is 4.38. The van der Waals surface area contributed by atoms with E-state index in [1.54, 1.807) is 18.2 Å². The number of hydrogen-bond donors (Lipinski definition) is 1. The summed E-state index contributed by atoms with van der Waals surface area (Å²) in [4.78, 5) is 10.8. The molecule has 0 unspecified atom stereocenters. The van der Waals surface area contributed by atoms with E-state index in [0.29, 0.717) is 5.56 Å². The lowest BCUT2D eigenvalue weighted by atomic mass is 10.2. The smallest absolute Gasteiger partial charge is 0.331 e. The number of nitrogens with one attached hydrogen (secondary N) is 1. The molecule has 4 nitrogen and oxygen atoms in total. The molecule has 0 bridgehead atoms. The first-order valence-corrected chi connectivity index (χ1v) is 5.17. The third-order valence-electron chi connectivity index (χ3n) is 1.76. The van der Waals surface area contributed by atoms with Gasteiger partial charge in [-0.1, -0.05) is 0 Å². The molecule has 0 atom stereocenters. The highest BCUT2D eigenvalue weighted by Gasteiger charge is 1.99. The predicted octanol–water partition coefficient (Wildman–Crippen LogP) is 2.42. The number of hydrogen-bond acceptors (Lipinski definition) is 4. The third-order valence-corrected chi connectivity index (χ3v) is 2.41. The number of methoxy groups -OCH3 is 1. The Labute approximate surface area is 102 Å². The summed E-state index contributed by atoms with van der Waals surface area (Å²) in [7, 11) is 1.31. The molecule has 82 valence electrons. The highest BCUT2D eigenvalue weighted by molar-refractivity contribution is 9.10. The number of ether oxygens (including phenoxy) is 1. The van der Waals surface area contributed by atoms with Gasteiger partial charge in [0, 0.05) is 16.7 Å². The summed E-state index contributed by atoms with van der Waals surface area (Å²) < 4.78 is 5.19. The van der Waals surface area contributed by atoms with Gasteiger partial charge in [0.15, 0.2) is 0 Å². The number of esters is 1. The molecule has 0 aliphatic carbocycles. The SMILES string of the molecule is COC(=O)/C=C/Nc1ccc(C#N)cc1Br. The first kappa shape index (κ1) is 12.3. The molecule has 0 amide bonds. The molecule has 0 fully saturated rings. The average molecular weight is 281 g/mol. The lowest BCUT2D eigenvalue weighted by molar-refractivity contribution is -0.134. The minimum atomic E-state index is -0.433. The van der Waals surface area contributed by atoms with Gasteiger partial charge in [-0.2, -0.15) is 5.26 Å². The molecule has 0 saturated carbocycles. The van der Waals surface area contributed by atoms with Crippen molar-refractivity contribution in [3.63, 3.8) is 0 Å². The summed E-state index contributed by atoms with van der Waals surface area (Å²) in [6.45, 7) is 0. The van der Waals surface area contributed by atoms with Crippen molar-refractivity contribution >= 4 is 27.6 Å². The minimum absolute atomic E-state index is 0.433. The van der Waals surface area contributed by atoms with Crippen molar-refractivity contribution in [3.8, 4) is 6.07 Å². The molecule has 0 spiro atoms. The van der Waals surface area contributed by atoms with Crippen molar-refractivity contribution in [1.29, 1.82) is 5.26 Å². The Morgan fingerprint density at radius 2 is 2.38 bits per heavy atom. The van der Waals surface area contributed by atoms with E-state index < -0.39 is 5.97 Å². The van der Waals surface area contributed by atoms with Gasteiger partial charge < -0.3 is 10.1 Å². The number of carbonyl (C=O) groups is 1. The minimum Gasteiger partial charge on any atom is -0.466 e. The van der Waals surface area contributed by atoms with Gasteiger partial charge in [0.2, 0.25) is 0 Å². The normalized spacial score (nSPS) is 9.81. The van der Waals surface area contributed by atoms with Crippen molar-refractivity contribution < 1.29 is 9.53 Å². The van der Waals surface area contributed by atoms with E-state index in [4.69, 9.17) is 5.26 Å². The molecule has 0 aromatic heterocycles. The summed E-state index contributed by atoms with van der Waals surface area (Å²) >= 11 is 3.31. The Balaban J connectivity index is 2.72. The van der Waals surface area contributed by atoms with Gasteiger partial charge in [-0.25, -0.2) is 4.79 Å². The second-order valence-electron chi connectivity index (χ2n) is 2.81. The fraction of sp³-hybridized carbons (Fsp3) is 0.0909. The topological polar surface area (TPSA) is 62.1 Å². The van der Waals surface area contributed by atoms with Crippen molar-refractivity contribution in [2.45, 2.75) is 0 Å². The van der Waals surface area contributed by atoms with Crippen LogP contribution in [0.1, 0.15) is 5.56 Å². The van der Waals surface area contributed by atoms with Crippen molar-refractivity contribution in [1.82, 2.24) is 0 Å². The fourth-order valence-electron chi connectivity index (χ4n) is 0.969. The van der Waals surface area contributed by atoms with E-state index >= 15 is 0 Å². The number of nitrogens with zero attached hydrogens (tertiary/aromatic N) is 1. The summed E-state index contributed by atoms with van der Waals surface area (Å²) in [5, 5.41) is 11.6. The van der Waals surface area contributed by atoms with Gasteiger partial charge in [-0.15, -0.1) is 0 Å². The van der Waals surface area contributed by atoms with Crippen molar-refractivity contribution in [3.05, 3.63) is 40.5 Å². The Kier molecular flexibility index (Phi) is 4.55. The number of benzene rings is 1. The van der Waals surface area contributed by atoms with Crippen LogP contribution in [0.25, 0.3) is 0 Å². The first-order chi connectivity index (χ1) is 7.67. The van der Waals surface area contributed by atoms with E-state index in [1.807, 2.05) is 6.07 Å². The molecule has 1 rings (SSSR count). The molecule has 5 heteroatoms. The van der Waals surface area contributed by atoms with Crippen molar-refractivity contribution in [2.24, 2.45) is 0 Å². The van der Waals surface area contributed by atoms with Crippen LogP contribution in [-0.4, -0.2) is 13.1 Å². The summed E-state index contributed by atoms with van der Waals surface area (Å²) in [5.41, 5.74) is 1.33. The zero-order valence-corrected chi connectivity index (χ0v) is 10.1. The highest BCUT2D eigenvalue weighted by atomic mass is 79.9. The maximum Gasteiger partial charge on any atom is 0.331 e. The summed E-state index contributed by atoms with van der Waals surface area (Å²) in [6.07, 6.45) is 2.74. The van der Waals surface area contributed by atoms with E-state index in [1.165, 1.54) is 19.4 Å². The van der Waals surface area contributed by atoms with E-state index in [-0.39, 0.29) is 0 Å². The second kappa shape index (κ2) is 5.93. The molecule has 16 heavy (non-hydrogen) atoms. The van der Waals surface area contributed by atoms with Crippen LogP contribution in [0.5, 0.6) is 0 Å². The van der Waals surface area contributed by atoms with Crippen LogP contribution in [0.4, 0.5) is 5.69 Å². The zero-order chi connectivity index (χ0) is 12.0. The van der Waals surface area contributed by atoms with Gasteiger partial charge in [0.1, 0.15) is 0 Å². The van der Waals surface area contributed by atoms with Gasteiger partial charge in [0.05, 0.1) is 24.4 Å². The third kappa shape index (κ3) is 3.41. The van der Waals surface area contributed by atoms with Crippen LogP contribution < -0.4 is 5.32 Å². The van der Waals surface area contributed by atoms with E-state index in [9.17, 15) is 4.79 Å². The number of carbonyl (C=O) groups excluding carboxylic acids is 1. The molecule has 0 aliphatic heterocycles. The maximum atomic E-state index is 10.8. The molecular weight excluding hydrogens is 272 g/mol. The standard InChI is InChI=1S/C11H9BrN2O2/c1-16-11(15)4-5-14-10-3-2-8(7-13)6-9(10)12/h2-6,14H,1H3/b5-4+. The van der Waals surface area contributed by atoms with E-state index in [0.717, 1.165) is 10.2 Å². The van der Waals surface area contributed by atoms with Gasteiger partial charge >= 0.3 is 5.97 Å². The van der Waals surface area contributed by atoms with Crippen LogP contribution >= 0.6 is 15.9 Å². The largest absolute Gasteiger partial charge is 0.466 e. The lowest BCUT2D eigenvalue weighted by Gasteiger charge is -2.03. The zero-order valence-electron chi connectivity index (χ0n) is 8.53. The Bertz CT molecular complexity index is 464. The van der Waals surface area contributed by atoms with Gasteiger partial charge in [-0.05, 0) is 34.1 Å². The number of nitriles is 1. The molecule has 1 N–H and O–H groups in total. The van der Waals surface area contributed by atoms with Crippen LogP contribution in [0.15, 0.2) is 34.9 Å². The average Bonchev–Trinajstić information content (AvgIpc) is 2.30. The molecule has 1 aromatic carbocycles. The van der Waals surface area contributed by atoms with E-state index in [2.05, 4.69) is 26.0 Å². The fourth-order valence-corrected chi connectivity index (χ4v) is 1.46. The number of rotatable bonds is 3. The van der Waals surface area contributed by atoms with Gasteiger partial charge in [-0.3, -0.25) is 0 Å². The lowest BCUT2D eigenvalue weighted by Crippen LogP contribution is -1.96. The second-order valence-corrected chi connectivity index (χ2v) is 3.66. The quantitative estimate of drug-likeness (QED) is 0.682. The number of anilines is 1. The van der Waals surface area contributed by atoms with Gasteiger partial charge in [0.25, 0.3) is 0 Å². The Hall–Kier alpha value is -1.80. The van der Waals surface area contributed by atoms with Crippen LogP contribution in [0.3, 0.4) is 0 Å². The van der Waals surface area contributed by atoms with Crippen LogP contribution in [-0.2, 0) is 9.53 Å². The number of halogens is 1. The monoisotopic (exact) mass is 280 g/mol. The molecule has 0 heterocycles. The molecule has 0 radical (unpaired) electrons. The molecule has 0 saturated heterocycles. The van der Waals surface area contributed by atoms with Crippen LogP contribution in [0.2, 0.25) is 0 Å². The predicted molar refractivity (Wildman–Crippen MR) is 63.6 cm³/mol. The van der Waals surface area contributed by atoms with Crippen LogP contribution in [0, 0.1) is 11.3 Å².